The molecule has 2 aromatic rings. The van der Waals surface area contributed by atoms with Crippen LogP contribution in [0.1, 0.15) is 11.1 Å². The van der Waals surface area contributed by atoms with Gasteiger partial charge in [-0.15, -0.1) is 0 Å². The van der Waals surface area contributed by atoms with Gasteiger partial charge in [-0.3, -0.25) is 4.79 Å². The summed E-state index contributed by atoms with van der Waals surface area (Å²) in [5, 5.41) is 0. The van der Waals surface area contributed by atoms with Crippen molar-refractivity contribution in [2.75, 3.05) is 6.54 Å². The summed E-state index contributed by atoms with van der Waals surface area (Å²) in [5.41, 5.74) is 18.2. The maximum absolute atomic E-state index is 10.6. The SMILES string of the molecule is NC(=O)C(N)Cc1ccccc1.NCCc1ccccc1. The maximum atomic E-state index is 10.6. The molecular weight excluding hydrogens is 262 g/mol. The first-order valence-electron chi connectivity index (χ1n) is 6.96. The first-order chi connectivity index (χ1) is 10.1. The fourth-order valence-electron chi connectivity index (χ4n) is 1.78. The fraction of sp³-hybridized carbons (Fsp3) is 0.235. The molecule has 0 bridgehead atoms. The highest BCUT2D eigenvalue weighted by Gasteiger charge is 2.08. The van der Waals surface area contributed by atoms with Crippen molar-refractivity contribution in [1.82, 2.24) is 0 Å². The third kappa shape index (κ3) is 7.25. The van der Waals surface area contributed by atoms with Crippen LogP contribution in [-0.2, 0) is 17.6 Å². The summed E-state index contributed by atoms with van der Waals surface area (Å²) in [6, 6.07) is 19.2. The maximum Gasteiger partial charge on any atom is 0.234 e. The predicted octanol–water partition coefficient (Wildman–Crippen LogP) is 1.23. The second-order valence-electron chi connectivity index (χ2n) is 4.72. The van der Waals surface area contributed by atoms with Crippen LogP contribution in [0.25, 0.3) is 0 Å². The number of hydrogen-bond acceptors (Lipinski definition) is 3. The minimum Gasteiger partial charge on any atom is -0.368 e. The molecular formula is C17H23N3O. The zero-order chi connectivity index (χ0) is 15.5. The normalized spacial score (nSPS) is 11.1. The van der Waals surface area contributed by atoms with Crippen molar-refractivity contribution in [3.63, 3.8) is 0 Å². The molecule has 0 radical (unpaired) electrons. The molecule has 2 rings (SSSR count). The van der Waals surface area contributed by atoms with Crippen LogP contribution in [-0.4, -0.2) is 18.5 Å². The van der Waals surface area contributed by atoms with E-state index in [-0.39, 0.29) is 0 Å². The van der Waals surface area contributed by atoms with Crippen LogP contribution in [0, 0.1) is 0 Å². The van der Waals surface area contributed by atoms with Gasteiger partial charge in [0.15, 0.2) is 0 Å². The number of primary amides is 1. The molecule has 0 heterocycles. The lowest BCUT2D eigenvalue weighted by molar-refractivity contribution is -0.119. The Bertz CT molecular complexity index is 514. The van der Waals surface area contributed by atoms with Crippen molar-refractivity contribution in [2.24, 2.45) is 17.2 Å². The van der Waals surface area contributed by atoms with E-state index in [1.54, 1.807) is 0 Å². The Morgan fingerprint density at radius 3 is 1.81 bits per heavy atom. The first kappa shape index (κ1) is 16.9. The molecule has 1 amide bonds. The van der Waals surface area contributed by atoms with Crippen molar-refractivity contribution in [3.8, 4) is 0 Å². The monoisotopic (exact) mass is 285 g/mol. The molecule has 0 spiro atoms. The van der Waals surface area contributed by atoms with Crippen molar-refractivity contribution >= 4 is 5.91 Å². The highest BCUT2D eigenvalue weighted by molar-refractivity contribution is 5.79. The molecule has 0 aliphatic heterocycles. The Morgan fingerprint density at radius 1 is 0.905 bits per heavy atom. The molecule has 0 saturated heterocycles. The third-order valence-electron chi connectivity index (χ3n) is 2.94. The second kappa shape index (κ2) is 9.69. The van der Waals surface area contributed by atoms with Gasteiger partial charge in [0.05, 0.1) is 6.04 Å². The summed E-state index contributed by atoms with van der Waals surface area (Å²) in [6.07, 6.45) is 1.50. The van der Waals surface area contributed by atoms with Crippen LogP contribution < -0.4 is 17.2 Å². The smallest absolute Gasteiger partial charge is 0.234 e. The molecule has 1 atom stereocenters. The highest BCUT2D eigenvalue weighted by Crippen LogP contribution is 2.01. The van der Waals surface area contributed by atoms with Crippen molar-refractivity contribution in [2.45, 2.75) is 18.9 Å². The number of rotatable bonds is 5. The number of carbonyl (C=O) groups excluding carboxylic acids is 1. The van der Waals surface area contributed by atoms with Gasteiger partial charge in [0.1, 0.15) is 0 Å². The van der Waals surface area contributed by atoms with Gasteiger partial charge < -0.3 is 17.2 Å². The fourth-order valence-corrected chi connectivity index (χ4v) is 1.78. The lowest BCUT2D eigenvalue weighted by atomic mass is 10.1. The molecule has 0 saturated carbocycles. The van der Waals surface area contributed by atoms with E-state index in [1.165, 1.54) is 5.56 Å². The lowest BCUT2D eigenvalue weighted by Crippen LogP contribution is -2.38. The van der Waals surface area contributed by atoms with Crippen LogP contribution in [0.15, 0.2) is 60.7 Å². The largest absolute Gasteiger partial charge is 0.368 e. The molecule has 1 unspecified atom stereocenters. The van der Waals surface area contributed by atoms with E-state index in [4.69, 9.17) is 17.2 Å². The van der Waals surface area contributed by atoms with Gasteiger partial charge >= 0.3 is 0 Å². The zero-order valence-corrected chi connectivity index (χ0v) is 12.1. The van der Waals surface area contributed by atoms with E-state index < -0.39 is 11.9 Å². The van der Waals surface area contributed by atoms with E-state index in [1.807, 2.05) is 48.5 Å². The topological polar surface area (TPSA) is 95.1 Å². The second-order valence-corrected chi connectivity index (χ2v) is 4.72. The average Bonchev–Trinajstić information content (AvgIpc) is 2.50. The number of benzene rings is 2. The predicted molar refractivity (Wildman–Crippen MR) is 86.5 cm³/mol. The molecule has 6 N–H and O–H groups in total. The molecule has 21 heavy (non-hydrogen) atoms. The zero-order valence-electron chi connectivity index (χ0n) is 12.1. The van der Waals surface area contributed by atoms with Crippen molar-refractivity contribution in [3.05, 3.63) is 71.8 Å². The molecule has 0 aliphatic rings. The summed E-state index contributed by atoms with van der Waals surface area (Å²) < 4.78 is 0. The van der Waals surface area contributed by atoms with Crippen molar-refractivity contribution < 1.29 is 4.79 Å². The Kier molecular flexibility index (Phi) is 7.79. The Balaban J connectivity index is 0.000000219. The average molecular weight is 285 g/mol. The van der Waals surface area contributed by atoms with E-state index >= 15 is 0 Å². The lowest BCUT2D eigenvalue weighted by Gasteiger charge is -2.06. The van der Waals surface area contributed by atoms with Crippen LogP contribution in [0.2, 0.25) is 0 Å². The van der Waals surface area contributed by atoms with E-state index in [9.17, 15) is 4.79 Å². The molecule has 0 aromatic heterocycles. The summed E-state index contributed by atoms with van der Waals surface area (Å²) in [5.74, 6) is -0.459. The van der Waals surface area contributed by atoms with E-state index in [0.29, 0.717) is 6.42 Å². The summed E-state index contributed by atoms with van der Waals surface area (Å²) in [6.45, 7) is 0.740. The molecule has 0 fully saturated rings. The van der Waals surface area contributed by atoms with E-state index in [2.05, 4.69) is 12.1 Å². The molecule has 0 aliphatic carbocycles. The van der Waals surface area contributed by atoms with Crippen LogP contribution >= 0.6 is 0 Å². The minimum atomic E-state index is -0.576. The number of amides is 1. The molecule has 2 aromatic carbocycles. The summed E-state index contributed by atoms with van der Waals surface area (Å²) >= 11 is 0. The minimum absolute atomic E-state index is 0.459. The van der Waals surface area contributed by atoms with Gasteiger partial charge in [0, 0.05) is 0 Å². The number of hydrogen-bond donors (Lipinski definition) is 3. The summed E-state index contributed by atoms with van der Waals surface area (Å²) in [7, 11) is 0. The first-order valence-corrected chi connectivity index (χ1v) is 6.96. The molecule has 112 valence electrons. The number of carbonyl (C=O) groups is 1. The van der Waals surface area contributed by atoms with Gasteiger partial charge in [-0.1, -0.05) is 60.7 Å². The van der Waals surface area contributed by atoms with Crippen molar-refractivity contribution in [1.29, 1.82) is 0 Å². The van der Waals surface area contributed by atoms with E-state index in [0.717, 1.165) is 18.5 Å². The van der Waals surface area contributed by atoms with Gasteiger partial charge in [-0.2, -0.15) is 0 Å². The van der Waals surface area contributed by atoms with Gasteiger partial charge in [-0.25, -0.2) is 0 Å². The number of nitrogens with two attached hydrogens (primary N) is 3. The van der Waals surface area contributed by atoms with Crippen LogP contribution in [0.5, 0.6) is 0 Å². The summed E-state index contributed by atoms with van der Waals surface area (Å²) in [4.78, 5) is 10.6. The van der Waals surface area contributed by atoms with Gasteiger partial charge in [-0.05, 0) is 30.5 Å². The molecule has 4 nitrogen and oxygen atoms in total. The van der Waals surface area contributed by atoms with Crippen LogP contribution in [0.3, 0.4) is 0 Å². The Hall–Kier alpha value is -2.17. The quantitative estimate of drug-likeness (QED) is 0.771. The molecule has 4 heteroatoms. The standard InChI is InChI=1S/C9H12N2O.C8H11N/c10-8(9(11)12)6-7-4-2-1-3-5-7;9-7-6-8-4-2-1-3-5-8/h1-5,8H,6,10H2,(H2,11,12);1-5H,6-7,9H2. The Labute approximate surface area is 126 Å². The third-order valence-corrected chi connectivity index (χ3v) is 2.94. The highest BCUT2D eigenvalue weighted by atomic mass is 16.1. The van der Waals surface area contributed by atoms with Crippen LogP contribution in [0.4, 0.5) is 0 Å². The van der Waals surface area contributed by atoms with Gasteiger partial charge in [0.25, 0.3) is 0 Å². The Morgan fingerprint density at radius 2 is 1.38 bits per heavy atom. The van der Waals surface area contributed by atoms with Gasteiger partial charge in [0.2, 0.25) is 5.91 Å².